The van der Waals surface area contributed by atoms with Gasteiger partial charge in [0, 0.05) is 18.3 Å². The lowest BCUT2D eigenvalue weighted by atomic mass is 10.2. The standard InChI is InChI=1S/C14H15N3O3S/c1-2-17-10-14(15-11-17)21(19,20)16-13-8-4-3-6-12(13)7-5-9-18/h3-4,6,8,10-11,16,18H,2,9H2,1H3. The van der Waals surface area contributed by atoms with E-state index in [0.29, 0.717) is 17.8 Å². The fourth-order valence-corrected chi connectivity index (χ4v) is 2.70. The summed E-state index contributed by atoms with van der Waals surface area (Å²) < 4.78 is 28.7. The van der Waals surface area contributed by atoms with Crippen LogP contribution >= 0.6 is 0 Å². The monoisotopic (exact) mass is 305 g/mol. The van der Waals surface area contributed by atoms with Crippen molar-refractivity contribution < 1.29 is 13.5 Å². The molecule has 0 saturated heterocycles. The summed E-state index contributed by atoms with van der Waals surface area (Å²) in [6, 6.07) is 6.72. The highest BCUT2D eigenvalue weighted by Crippen LogP contribution is 2.18. The number of rotatable bonds is 4. The number of benzene rings is 1. The number of imidazole rings is 1. The Morgan fingerprint density at radius 3 is 2.81 bits per heavy atom. The van der Waals surface area contributed by atoms with E-state index >= 15 is 0 Å². The molecule has 7 heteroatoms. The molecule has 0 atom stereocenters. The van der Waals surface area contributed by atoms with Crippen molar-refractivity contribution in [1.82, 2.24) is 9.55 Å². The summed E-state index contributed by atoms with van der Waals surface area (Å²) in [5.74, 6) is 5.20. The van der Waals surface area contributed by atoms with Crippen molar-refractivity contribution in [1.29, 1.82) is 0 Å². The van der Waals surface area contributed by atoms with Crippen LogP contribution in [0.1, 0.15) is 12.5 Å². The molecule has 2 rings (SSSR count). The van der Waals surface area contributed by atoms with Crippen molar-refractivity contribution in [2.24, 2.45) is 0 Å². The third-order valence-corrected chi connectivity index (χ3v) is 3.97. The van der Waals surface area contributed by atoms with Crippen LogP contribution in [0, 0.1) is 11.8 Å². The lowest BCUT2D eigenvalue weighted by molar-refractivity contribution is 0.350. The average molecular weight is 305 g/mol. The van der Waals surface area contributed by atoms with Crippen LogP contribution in [0.5, 0.6) is 0 Å². The Hall–Kier alpha value is -2.30. The Morgan fingerprint density at radius 2 is 2.14 bits per heavy atom. The minimum Gasteiger partial charge on any atom is -0.384 e. The van der Waals surface area contributed by atoms with Crippen LogP contribution in [0.4, 0.5) is 5.69 Å². The van der Waals surface area contributed by atoms with Crippen LogP contribution < -0.4 is 4.72 Å². The number of aliphatic hydroxyl groups is 1. The van der Waals surface area contributed by atoms with Gasteiger partial charge in [0.25, 0.3) is 10.0 Å². The van der Waals surface area contributed by atoms with Gasteiger partial charge < -0.3 is 9.67 Å². The molecule has 2 N–H and O–H groups in total. The molecule has 1 heterocycles. The van der Waals surface area contributed by atoms with Crippen LogP contribution in [0.15, 0.2) is 41.8 Å². The first kappa shape index (κ1) is 15.1. The second kappa shape index (κ2) is 6.43. The van der Waals surface area contributed by atoms with Crippen molar-refractivity contribution in [3.63, 3.8) is 0 Å². The first-order valence-corrected chi connectivity index (χ1v) is 7.78. The van der Waals surface area contributed by atoms with Gasteiger partial charge >= 0.3 is 0 Å². The number of aliphatic hydroxyl groups excluding tert-OH is 1. The molecular formula is C14H15N3O3S. The summed E-state index contributed by atoms with van der Waals surface area (Å²) in [6.07, 6.45) is 2.93. The van der Waals surface area contributed by atoms with E-state index in [2.05, 4.69) is 21.5 Å². The number of aryl methyl sites for hydroxylation is 1. The molecule has 1 aromatic heterocycles. The van der Waals surface area contributed by atoms with Gasteiger partial charge in [-0.3, -0.25) is 4.72 Å². The Kier molecular flexibility index (Phi) is 4.62. The molecule has 0 unspecified atom stereocenters. The SMILES string of the molecule is CCn1cnc(S(=O)(=O)Nc2ccccc2C#CCO)c1. The van der Waals surface area contributed by atoms with Gasteiger partial charge in [-0.2, -0.15) is 8.42 Å². The third kappa shape index (κ3) is 3.62. The molecule has 110 valence electrons. The number of anilines is 1. The van der Waals surface area contributed by atoms with Gasteiger partial charge in [0.2, 0.25) is 0 Å². The molecule has 6 nitrogen and oxygen atoms in total. The first-order chi connectivity index (χ1) is 10.1. The van der Waals surface area contributed by atoms with Crippen molar-refractivity contribution >= 4 is 15.7 Å². The van der Waals surface area contributed by atoms with E-state index in [0.717, 1.165) is 0 Å². The van der Waals surface area contributed by atoms with Gasteiger partial charge in [0.15, 0.2) is 5.03 Å². The van der Waals surface area contributed by atoms with Crippen molar-refractivity contribution in [2.45, 2.75) is 18.5 Å². The van der Waals surface area contributed by atoms with Crippen molar-refractivity contribution in [3.8, 4) is 11.8 Å². The molecule has 0 fully saturated rings. The molecule has 0 aliphatic rings. The molecule has 0 bridgehead atoms. The van der Waals surface area contributed by atoms with Crippen LogP contribution in [0.25, 0.3) is 0 Å². The topological polar surface area (TPSA) is 84.2 Å². The summed E-state index contributed by atoms with van der Waals surface area (Å²) in [6.45, 7) is 2.24. The van der Waals surface area contributed by atoms with Gasteiger partial charge in [-0.15, -0.1) is 0 Å². The second-order valence-corrected chi connectivity index (χ2v) is 5.78. The number of hydrogen-bond donors (Lipinski definition) is 2. The Morgan fingerprint density at radius 1 is 1.38 bits per heavy atom. The van der Waals surface area contributed by atoms with E-state index in [1.807, 2.05) is 6.92 Å². The smallest absolute Gasteiger partial charge is 0.280 e. The van der Waals surface area contributed by atoms with E-state index in [-0.39, 0.29) is 11.6 Å². The van der Waals surface area contributed by atoms with Crippen LogP contribution in [0.3, 0.4) is 0 Å². The van der Waals surface area contributed by atoms with Crippen molar-refractivity contribution in [2.75, 3.05) is 11.3 Å². The van der Waals surface area contributed by atoms with Crippen LogP contribution in [0.2, 0.25) is 0 Å². The van der Waals surface area contributed by atoms with Gasteiger partial charge in [-0.05, 0) is 19.1 Å². The lowest BCUT2D eigenvalue weighted by Crippen LogP contribution is -2.14. The van der Waals surface area contributed by atoms with Gasteiger partial charge in [0.05, 0.1) is 12.0 Å². The van der Waals surface area contributed by atoms with E-state index < -0.39 is 10.0 Å². The van der Waals surface area contributed by atoms with E-state index in [1.165, 1.54) is 12.5 Å². The fourth-order valence-electron chi connectivity index (χ4n) is 1.66. The molecule has 1 aromatic carbocycles. The van der Waals surface area contributed by atoms with Gasteiger partial charge in [0.1, 0.15) is 6.61 Å². The maximum Gasteiger partial charge on any atom is 0.280 e. The minimum atomic E-state index is -3.76. The van der Waals surface area contributed by atoms with Crippen molar-refractivity contribution in [3.05, 3.63) is 42.4 Å². The molecule has 21 heavy (non-hydrogen) atoms. The highest BCUT2D eigenvalue weighted by atomic mass is 32.2. The van der Waals surface area contributed by atoms with E-state index in [1.54, 1.807) is 28.8 Å². The van der Waals surface area contributed by atoms with E-state index in [9.17, 15) is 8.42 Å². The zero-order valence-electron chi connectivity index (χ0n) is 11.4. The predicted molar refractivity (Wildman–Crippen MR) is 79.1 cm³/mol. The summed E-state index contributed by atoms with van der Waals surface area (Å²) in [5, 5.41) is 8.69. The number of nitrogens with zero attached hydrogens (tertiary/aromatic N) is 2. The molecule has 0 aliphatic heterocycles. The average Bonchev–Trinajstić information content (AvgIpc) is 2.96. The molecular weight excluding hydrogens is 290 g/mol. The summed E-state index contributed by atoms with van der Waals surface area (Å²) >= 11 is 0. The highest BCUT2D eigenvalue weighted by molar-refractivity contribution is 7.92. The molecule has 0 aliphatic carbocycles. The maximum absolute atomic E-state index is 12.3. The number of aromatic nitrogens is 2. The molecule has 0 spiro atoms. The Bertz CT molecular complexity index is 785. The zero-order chi connectivity index (χ0) is 15.3. The summed E-state index contributed by atoms with van der Waals surface area (Å²) in [7, 11) is -3.76. The lowest BCUT2D eigenvalue weighted by Gasteiger charge is -2.07. The number of sulfonamides is 1. The molecule has 0 radical (unpaired) electrons. The van der Waals surface area contributed by atoms with Gasteiger partial charge in [-0.1, -0.05) is 24.0 Å². The Labute approximate surface area is 123 Å². The van der Waals surface area contributed by atoms with E-state index in [4.69, 9.17) is 5.11 Å². The van der Waals surface area contributed by atoms with Crippen LogP contribution in [-0.4, -0.2) is 29.7 Å². The predicted octanol–water partition coefficient (Wildman–Crippen LogP) is 1.05. The number of nitrogens with one attached hydrogen (secondary N) is 1. The Balaban J connectivity index is 2.32. The quantitative estimate of drug-likeness (QED) is 0.827. The largest absolute Gasteiger partial charge is 0.384 e. The normalized spacial score (nSPS) is 10.8. The summed E-state index contributed by atoms with van der Waals surface area (Å²) in [4.78, 5) is 3.88. The first-order valence-electron chi connectivity index (χ1n) is 6.30. The fraction of sp³-hybridized carbons (Fsp3) is 0.214. The number of para-hydroxylation sites is 1. The summed E-state index contributed by atoms with van der Waals surface area (Å²) in [5.41, 5.74) is 0.842. The van der Waals surface area contributed by atoms with Crippen LogP contribution in [-0.2, 0) is 16.6 Å². The number of hydrogen-bond acceptors (Lipinski definition) is 4. The highest BCUT2D eigenvalue weighted by Gasteiger charge is 2.18. The van der Waals surface area contributed by atoms with Gasteiger partial charge in [-0.25, -0.2) is 4.98 Å². The molecule has 0 saturated carbocycles. The minimum absolute atomic E-state index is 0.0470. The maximum atomic E-state index is 12.3. The zero-order valence-corrected chi connectivity index (χ0v) is 12.3. The molecule has 2 aromatic rings. The third-order valence-electron chi connectivity index (χ3n) is 2.72. The second-order valence-electron chi connectivity index (χ2n) is 4.15. The molecule has 0 amide bonds.